The van der Waals surface area contributed by atoms with Gasteiger partial charge in [-0.2, -0.15) is 0 Å². The van der Waals surface area contributed by atoms with Gasteiger partial charge >= 0.3 is 5.97 Å². The minimum atomic E-state index is -0.967. The largest absolute Gasteiger partial charge is 0.478 e. The van der Waals surface area contributed by atoms with Crippen LogP contribution in [0.5, 0.6) is 0 Å². The lowest BCUT2D eigenvalue weighted by molar-refractivity contribution is 0.0695. The summed E-state index contributed by atoms with van der Waals surface area (Å²) in [7, 11) is 0. The van der Waals surface area contributed by atoms with Crippen molar-refractivity contribution in [2.45, 2.75) is 45.6 Å². The molecule has 1 heterocycles. The van der Waals surface area contributed by atoms with Crippen molar-refractivity contribution in [3.8, 4) is 0 Å². The predicted molar refractivity (Wildman–Crippen MR) is 69.0 cm³/mol. The Morgan fingerprint density at radius 2 is 2.28 bits per heavy atom. The third-order valence-electron chi connectivity index (χ3n) is 3.19. The fourth-order valence-corrected chi connectivity index (χ4v) is 1.96. The minimum Gasteiger partial charge on any atom is -0.478 e. The van der Waals surface area contributed by atoms with Gasteiger partial charge in [0.1, 0.15) is 0 Å². The van der Waals surface area contributed by atoms with E-state index in [4.69, 9.17) is 5.11 Å². The van der Waals surface area contributed by atoms with E-state index in [0.29, 0.717) is 17.7 Å². The Morgan fingerprint density at radius 3 is 2.78 bits per heavy atom. The lowest BCUT2D eigenvalue weighted by Gasteiger charge is -2.22. The lowest BCUT2D eigenvalue weighted by atomic mass is 10.2. The van der Waals surface area contributed by atoms with Crippen LogP contribution in [0.2, 0.25) is 0 Å². The molecule has 1 aromatic rings. The molecule has 5 nitrogen and oxygen atoms in total. The fourth-order valence-electron chi connectivity index (χ4n) is 1.96. The molecule has 1 aliphatic rings. The zero-order valence-electron chi connectivity index (χ0n) is 10.9. The number of carbonyl (C=O) groups is 1. The number of anilines is 1. The number of aromatic nitrogens is 2. The van der Waals surface area contributed by atoms with E-state index in [1.165, 1.54) is 19.0 Å². The van der Waals surface area contributed by atoms with Crippen LogP contribution in [0.15, 0.2) is 6.20 Å². The lowest BCUT2D eigenvalue weighted by Crippen LogP contribution is -2.29. The van der Waals surface area contributed by atoms with Gasteiger partial charge in [-0.25, -0.2) is 14.8 Å². The maximum absolute atomic E-state index is 10.9. The zero-order valence-corrected chi connectivity index (χ0v) is 10.9. The summed E-state index contributed by atoms with van der Waals surface area (Å²) < 4.78 is 0. The molecule has 0 unspecified atom stereocenters. The summed E-state index contributed by atoms with van der Waals surface area (Å²) in [6.07, 6.45) is 6.04. The van der Waals surface area contributed by atoms with Crippen LogP contribution in [0.3, 0.4) is 0 Å². The van der Waals surface area contributed by atoms with Crippen molar-refractivity contribution in [1.29, 1.82) is 0 Å². The molecule has 0 amide bonds. The molecule has 5 heteroatoms. The highest BCUT2D eigenvalue weighted by Crippen LogP contribution is 2.30. The average molecular weight is 249 g/mol. The van der Waals surface area contributed by atoms with Crippen LogP contribution in [0.25, 0.3) is 0 Å². The van der Waals surface area contributed by atoms with Gasteiger partial charge in [-0.3, -0.25) is 0 Å². The molecule has 1 N–H and O–H groups in total. The molecule has 98 valence electrons. The van der Waals surface area contributed by atoms with Crippen molar-refractivity contribution in [2.24, 2.45) is 0 Å². The molecule has 1 saturated carbocycles. The highest BCUT2D eigenvalue weighted by Gasteiger charge is 2.30. The van der Waals surface area contributed by atoms with Gasteiger partial charge in [-0.1, -0.05) is 13.3 Å². The molecular weight excluding hydrogens is 230 g/mol. The van der Waals surface area contributed by atoms with E-state index in [9.17, 15) is 4.79 Å². The van der Waals surface area contributed by atoms with Gasteiger partial charge in [0.15, 0.2) is 0 Å². The van der Waals surface area contributed by atoms with Crippen LogP contribution in [-0.4, -0.2) is 33.6 Å². The predicted octanol–water partition coefficient (Wildman–Crippen LogP) is 2.25. The Labute approximate surface area is 107 Å². The quantitative estimate of drug-likeness (QED) is 0.837. The van der Waals surface area contributed by atoms with Crippen molar-refractivity contribution in [1.82, 2.24) is 9.97 Å². The number of aromatic carboxylic acids is 1. The summed E-state index contributed by atoms with van der Waals surface area (Å²) in [4.78, 5) is 21.7. The SMILES string of the molecule is CCCCN(c1ncc(C(=O)O)c(C)n1)C1CC1. The number of aryl methyl sites for hydroxylation is 1. The normalized spacial score (nSPS) is 14.6. The van der Waals surface area contributed by atoms with Gasteiger partial charge in [0.05, 0.1) is 11.3 Å². The highest BCUT2D eigenvalue weighted by molar-refractivity contribution is 5.88. The fraction of sp³-hybridized carbons (Fsp3) is 0.615. The molecule has 1 fully saturated rings. The first-order chi connectivity index (χ1) is 8.63. The van der Waals surface area contributed by atoms with Crippen LogP contribution in [0.4, 0.5) is 5.95 Å². The van der Waals surface area contributed by atoms with Gasteiger partial charge in [0.25, 0.3) is 0 Å². The van der Waals surface area contributed by atoms with Crippen LogP contribution < -0.4 is 4.90 Å². The number of hydrogen-bond donors (Lipinski definition) is 1. The summed E-state index contributed by atoms with van der Waals surface area (Å²) in [6.45, 7) is 4.83. The summed E-state index contributed by atoms with van der Waals surface area (Å²) in [5, 5.41) is 8.96. The molecule has 0 spiro atoms. The summed E-state index contributed by atoms with van der Waals surface area (Å²) in [5.41, 5.74) is 0.722. The van der Waals surface area contributed by atoms with Crippen LogP contribution in [0.1, 0.15) is 48.7 Å². The minimum absolute atomic E-state index is 0.185. The van der Waals surface area contributed by atoms with Crippen LogP contribution in [-0.2, 0) is 0 Å². The second kappa shape index (κ2) is 5.33. The molecule has 0 aromatic carbocycles. The highest BCUT2D eigenvalue weighted by atomic mass is 16.4. The van der Waals surface area contributed by atoms with Gasteiger partial charge in [0, 0.05) is 18.8 Å². The molecule has 18 heavy (non-hydrogen) atoms. The Hall–Kier alpha value is -1.65. The van der Waals surface area contributed by atoms with E-state index in [1.807, 2.05) is 0 Å². The Bertz CT molecular complexity index is 444. The van der Waals surface area contributed by atoms with Gasteiger partial charge in [-0.15, -0.1) is 0 Å². The van der Waals surface area contributed by atoms with E-state index < -0.39 is 5.97 Å². The monoisotopic (exact) mass is 249 g/mol. The molecule has 0 saturated heterocycles. The molecule has 0 atom stereocenters. The van der Waals surface area contributed by atoms with E-state index in [-0.39, 0.29) is 5.56 Å². The molecular formula is C13H19N3O2. The second-order valence-electron chi connectivity index (χ2n) is 4.75. The average Bonchev–Trinajstić information content (AvgIpc) is 3.13. The third kappa shape index (κ3) is 2.78. The summed E-state index contributed by atoms with van der Waals surface area (Å²) in [5.74, 6) is -0.293. The molecule has 1 aliphatic carbocycles. The first-order valence-corrected chi connectivity index (χ1v) is 6.47. The number of carboxylic acids is 1. The molecule has 0 bridgehead atoms. The van der Waals surface area contributed by atoms with Crippen molar-refractivity contribution in [3.05, 3.63) is 17.5 Å². The van der Waals surface area contributed by atoms with Crippen LogP contribution in [0, 0.1) is 6.92 Å². The van der Waals surface area contributed by atoms with E-state index in [0.717, 1.165) is 19.4 Å². The number of hydrogen-bond acceptors (Lipinski definition) is 4. The second-order valence-corrected chi connectivity index (χ2v) is 4.75. The number of nitrogens with zero attached hydrogens (tertiary/aromatic N) is 3. The van der Waals surface area contributed by atoms with Crippen molar-refractivity contribution in [2.75, 3.05) is 11.4 Å². The van der Waals surface area contributed by atoms with E-state index in [2.05, 4.69) is 21.8 Å². The molecule has 2 rings (SSSR count). The van der Waals surface area contributed by atoms with Gasteiger partial charge in [-0.05, 0) is 26.2 Å². The summed E-state index contributed by atoms with van der Waals surface area (Å²) in [6, 6.07) is 0.548. The summed E-state index contributed by atoms with van der Waals surface area (Å²) >= 11 is 0. The standard InChI is InChI=1S/C13H19N3O2/c1-3-4-7-16(10-5-6-10)13-14-8-11(12(17)18)9(2)15-13/h8,10H,3-7H2,1-2H3,(H,17,18). The Morgan fingerprint density at radius 1 is 1.56 bits per heavy atom. The number of carboxylic acid groups (broad SMARTS) is 1. The number of rotatable bonds is 6. The maximum atomic E-state index is 10.9. The molecule has 1 aromatic heterocycles. The first-order valence-electron chi connectivity index (χ1n) is 6.47. The van der Waals surface area contributed by atoms with Crippen molar-refractivity contribution < 1.29 is 9.90 Å². The Balaban J connectivity index is 2.19. The maximum Gasteiger partial charge on any atom is 0.339 e. The molecule has 0 aliphatic heterocycles. The zero-order chi connectivity index (χ0) is 13.1. The Kier molecular flexibility index (Phi) is 3.79. The topological polar surface area (TPSA) is 66.3 Å². The third-order valence-corrected chi connectivity index (χ3v) is 3.19. The van der Waals surface area contributed by atoms with Gasteiger partial charge in [0.2, 0.25) is 5.95 Å². The van der Waals surface area contributed by atoms with Crippen LogP contribution >= 0.6 is 0 Å². The van der Waals surface area contributed by atoms with Gasteiger partial charge < -0.3 is 10.0 Å². The van der Waals surface area contributed by atoms with E-state index >= 15 is 0 Å². The smallest absolute Gasteiger partial charge is 0.339 e. The van der Waals surface area contributed by atoms with E-state index in [1.54, 1.807) is 6.92 Å². The van der Waals surface area contributed by atoms with Crippen molar-refractivity contribution in [3.63, 3.8) is 0 Å². The first kappa shape index (κ1) is 12.8. The van der Waals surface area contributed by atoms with Crippen molar-refractivity contribution >= 4 is 11.9 Å². The number of unbranched alkanes of at least 4 members (excludes halogenated alkanes) is 1. The molecule has 0 radical (unpaired) electrons.